The van der Waals surface area contributed by atoms with Gasteiger partial charge in [0.2, 0.25) is 0 Å². The Balaban J connectivity index is 2.26. The third-order valence-corrected chi connectivity index (χ3v) is 3.11. The van der Waals surface area contributed by atoms with E-state index in [1.165, 1.54) is 19.3 Å². The molecular formula is C8H14S. The Morgan fingerprint density at radius 2 is 2.33 bits per heavy atom. The van der Waals surface area contributed by atoms with Crippen LogP contribution in [0.5, 0.6) is 0 Å². The van der Waals surface area contributed by atoms with Gasteiger partial charge in [-0.1, -0.05) is 25.8 Å². The molecule has 0 saturated heterocycles. The maximum Gasteiger partial charge on any atom is 0.0303 e. The highest BCUT2D eigenvalue weighted by Crippen LogP contribution is 2.37. The summed E-state index contributed by atoms with van der Waals surface area (Å²) < 4.78 is 0. The molecule has 0 bridgehead atoms. The maximum absolute atomic E-state index is 2.32. The Labute approximate surface area is 61.7 Å². The Kier molecular flexibility index (Phi) is 2.65. The summed E-state index contributed by atoms with van der Waals surface area (Å²) in [5.74, 6) is 0. The lowest BCUT2D eigenvalue weighted by Crippen LogP contribution is -2.10. The van der Waals surface area contributed by atoms with Gasteiger partial charge in [0.1, 0.15) is 0 Å². The van der Waals surface area contributed by atoms with Crippen LogP contribution in [0.25, 0.3) is 0 Å². The lowest BCUT2D eigenvalue weighted by molar-refractivity contribution is 0.807. The van der Waals surface area contributed by atoms with Gasteiger partial charge in [-0.05, 0) is 18.2 Å². The molecule has 0 fully saturated rings. The van der Waals surface area contributed by atoms with Crippen LogP contribution in [0, 0.1) is 0 Å². The van der Waals surface area contributed by atoms with E-state index in [4.69, 9.17) is 0 Å². The molecule has 1 atom stereocenters. The summed E-state index contributed by atoms with van der Waals surface area (Å²) in [5.41, 5.74) is 1.69. The van der Waals surface area contributed by atoms with E-state index in [0.717, 1.165) is 5.25 Å². The number of hydrogen-bond acceptors (Lipinski definition) is 1. The summed E-state index contributed by atoms with van der Waals surface area (Å²) in [4.78, 5) is 0. The zero-order valence-corrected chi connectivity index (χ0v) is 7.00. The highest BCUT2D eigenvalue weighted by molar-refractivity contribution is 8.04. The first-order valence-electron chi connectivity index (χ1n) is 3.72. The average molecular weight is 142 g/mol. The van der Waals surface area contributed by atoms with Crippen molar-refractivity contribution in [1.82, 2.24) is 0 Å². The second-order valence-electron chi connectivity index (χ2n) is 2.48. The Morgan fingerprint density at radius 1 is 1.56 bits per heavy atom. The largest absolute Gasteiger partial charge is 0.126 e. The van der Waals surface area contributed by atoms with E-state index in [1.54, 1.807) is 5.57 Å². The van der Waals surface area contributed by atoms with Crippen molar-refractivity contribution in [2.75, 3.05) is 0 Å². The predicted molar refractivity (Wildman–Crippen MR) is 44.7 cm³/mol. The molecule has 1 aliphatic heterocycles. The van der Waals surface area contributed by atoms with Crippen LogP contribution in [0.15, 0.2) is 11.0 Å². The molecule has 0 amide bonds. The van der Waals surface area contributed by atoms with E-state index in [-0.39, 0.29) is 0 Å². The molecule has 0 nitrogen and oxygen atoms in total. The van der Waals surface area contributed by atoms with Gasteiger partial charge in [0, 0.05) is 5.25 Å². The number of hydrogen-bond donors (Lipinski definition) is 0. The van der Waals surface area contributed by atoms with Crippen LogP contribution in [-0.4, -0.2) is 5.25 Å². The molecule has 0 spiro atoms. The fourth-order valence-electron chi connectivity index (χ4n) is 1.13. The van der Waals surface area contributed by atoms with E-state index in [0.29, 0.717) is 0 Å². The van der Waals surface area contributed by atoms with Crippen LogP contribution in [-0.2, 0) is 0 Å². The minimum absolute atomic E-state index is 0.880. The lowest BCUT2D eigenvalue weighted by Gasteiger charge is -2.24. The second-order valence-corrected chi connectivity index (χ2v) is 3.55. The van der Waals surface area contributed by atoms with Crippen LogP contribution in [0.3, 0.4) is 0 Å². The van der Waals surface area contributed by atoms with Crippen molar-refractivity contribution >= 4 is 11.8 Å². The predicted octanol–water partition coefficient (Wildman–Crippen LogP) is 3.20. The monoisotopic (exact) mass is 142 g/mol. The minimum Gasteiger partial charge on any atom is -0.126 e. The third kappa shape index (κ3) is 1.51. The maximum atomic E-state index is 2.32. The van der Waals surface area contributed by atoms with E-state index in [1.807, 2.05) is 11.8 Å². The van der Waals surface area contributed by atoms with Crippen molar-refractivity contribution in [2.24, 2.45) is 0 Å². The fourth-order valence-corrected chi connectivity index (χ4v) is 2.08. The first kappa shape index (κ1) is 7.20. The van der Waals surface area contributed by atoms with Crippen molar-refractivity contribution in [3.8, 4) is 0 Å². The Hall–Kier alpha value is 0.0900. The summed E-state index contributed by atoms with van der Waals surface area (Å²) in [7, 11) is 0. The molecule has 0 saturated carbocycles. The zero-order chi connectivity index (χ0) is 6.69. The summed E-state index contributed by atoms with van der Waals surface area (Å²) in [6, 6.07) is 0. The van der Waals surface area contributed by atoms with Crippen LogP contribution in [0.4, 0.5) is 0 Å². The second kappa shape index (κ2) is 3.31. The van der Waals surface area contributed by atoms with Gasteiger partial charge in [-0.25, -0.2) is 0 Å². The fraction of sp³-hybridized carbons (Fsp3) is 0.750. The topological polar surface area (TPSA) is 0 Å². The molecule has 0 aromatic carbocycles. The SMILES string of the molecule is CCCC1=CSC1CC. The summed E-state index contributed by atoms with van der Waals surface area (Å²) >= 11 is 1.99. The van der Waals surface area contributed by atoms with Gasteiger partial charge < -0.3 is 0 Å². The van der Waals surface area contributed by atoms with Crippen molar-refractivity contribution in [1.29, 1.82) is 0 Å². The Bertz CT molecular complexity index is 116. The van der Waals surface area contributed by atoms with E-state index >= 15 is 0 Å². The molecule has 0 aromatic heterocycles. The summed E-state index contributed by atoms with van der Waals surface area (Å²) in [5, 5.41) is 3.20. The minimum atomic E-state index is 0.880. The summed E-state index contributed by atoms with van der Waals surface area (Å²) in [6.07, 6.45) is 3.95. The smallest absolute Gasteiger partial charge is 0.0303 e. The van der Waals surface area contributed by atoms with Crippen LogP contribution in [0.2, 0.25) is 0 Å². The van der Waals surface area contributed by atoms with Gasteiger partial charge in [0.25, 0.3) is 0 Å². The standard InChI is InChI=1S/C8H14S/c1-3-5-7-6-9-8(7)4-2/h6,8H,3-5H2,1-2H3. The van der Waals surface area contributed by atoms with Crippen LogP contribution in [0.1, 0.15) is 33.1 Å². The normalized spacial score (nSPS) is 25.1. The highest BCUT2D eigenvalue weighted by atomic mass is 32.2. The number of thioether (sulfide) groups is 1. The molecule has 0 radical (unpaired) electrons. The Morgan fingerprint density at radius 3 is 2.67 bits per heavy atom. The van der Waals surface area contributed by atoms with Gasteiger partial charge in [-0.3, -0.25) is 0 Å². The third-order valence-electron chi connectivity index (χ3n) is 1.71. The molecule has 1 unspecified atom stereocenters. The van der Waals surface area contributed by atoms with Crippen molar-refractivity contribution in [3.63, 3.8) is 0 Å². The van der Waals surface area contributed by atoms with Crippen molar-refractivity contribution in [3.05, 3.63) is 11.0 Å². The van der Waals surface area contributed by atoms with E-state index in [2.05, 4.69) is 19.3 Å². The summed E-state index contributed by atoms with van der Waals surface area (Å²) in [6.45, 7) is 4.51. The molecule has 0 aromatic rings. The van der Waals surface area contributed by atoms with Gasteiger partial charge >= 0.3 is 0 Å². The zero-order valence-electron chi connectivity index (χ0n) is 6.18. The van der Waals surface area contributed by atoms with Crippen LogP contribution < -0.4 is 0 Å². The molecule has 9 heavy (non-hydrogen) atoms. The first-order chi connectivity index (χ1) is 4.38. The van der Waals surface area contributed by atoms with Gasteiger partial charge in [-0.15, -0.1) is 11.8 Å². The van der Waals surface area contributed by atoms with Gasteiger partial charge in [0.15, 0.2) is 0 Å². The molecule has 1 heterocycles. The lowest BCUT2D eigenvalue weighted by atomic mass is 10.1. The first-order valence-corrected chi connectivity index (χ1v) is 4.67. The molecule has 0 N–H and O–H groups in total. The molecule has 1 heteroatoms. The van der Waals surface area contributed by atoms with E-state index in [9.17, 15) is 0 Å². The highest BCUT2D eigenvalue weighted by Gasteiger charge is 2.18. The van der Waals surface area contributed by atoms with E-state index < -0.39 is 0 Å². The number of rotatable bonds is 3. The molecule has 52 valence electrons. The quantitative estimate of drug-likeness (QED) is 0.583. The molecular weight excluding hydrogens is 128 g/mol. The van der Waals surface area contributed by atoms with Crippen molar-refractivity contribution in [2.45, 2.75) is 38.4 Å². The van der Waals surface area contributed by atoms with Crippen molar-refractivity contribution < 1.29 is 0 Å². The van der Waals surface area contributed by atoms with Gasteiger partial charge in [0.05, 0.1) is 0 Å². The average Bonchev–Trinajstić information content (AvgIpc) is 1.82. The molecule has 1 rings (SSSR count). The molecule has 1 aliphatic rings. The van der Waals surface area contributed by atoms with Crippen LogP contribution >= 0.6 is 11.8 Å². The molecule has 0 aliphatic carbocycles. The van der Waals surface area contributed by atoms with Gasteiger partial charge in [-0.2, -0.15) is 0 Å².